The van der Waals surface area contributed by atoms with E-state index in [0.29, 0.717) is 57.5 Å². The number of esters is 2. The number of ether oxygens (including phenoxy) is 4. The van der Waals surface area contributed by atoms with Gasteiger partial charge in [0.1, 0.15) is 22.5 Å². The van der Waals surface area contributed by atoms with E-state index in [1.54, 1.807) is 0 Å². The molecule has 10 nitrogen and oxygen atoms in total. The van der Waals surface area contributed by atoms with Crippen LogP contribution < -0.4 is 9.47 Å². The van der Waals surface area contributed by atoms with Gasteiger partial charge in [-0.1, -0.05) is 12.1 Å². The van der Waals surface area contributed by atoms with E-state index in [9.17, 15) is 9.59 Å². The number of benzene rings is 2. The first kappa shape index (κ1) is 26.2. The number of carbonyl (C=O) groups is 2. The Bertz CT molecular complexity index is 1480. The van der Waals surface area contributed by atoms with Gasteiger partial charge in [0.2, 0.25) is 0 Å². The number of aryl methyl sites for hydroxylation is 2. The van der Waals surface area contributed by atoms with Gasteiger partial charge in [-0.05, 0) is 49.5 Å². The predicted octanol–water partition coefficient (Wildman–Crippen LogP) is 4.82. The van der Waals surface area contributed by atoms with Gasteiger partial charge in [0.25, 0.3) is 0 Å². The van der Waals surface area contributed by atoms with Crippen LogP contribution in [0.2, 0.25) is 0 Å². The summed E-state index contributed by atoms with van der Waals surface area (Å²) in [6.07, 6.45) is 1.08. The Morgan fingerprint density at radius 3 is 1.42 bits per heavy atom. The van der Waals surface area contributed by atoms with Crippen molar-refractivity contribution < 1.29 is 28.5 Å². The van der Waals surface area contributed by atoms with E-state index in [1.807, 2.05) is 24.3 Å². The number of fused-ring (bicyclic) bond motifs is 2. The van der Waals surface area contributed by atoms with Gasteiger partial charge in [-0.3, -0.25) is 9.98 Å². The van der Waals surface area contributed by atoms with E-state index < -0.39 is 11.9 Å². The minimum atomic E-state index is -0.585. The molecular weight excluding hydrogens is 488 g/mol. The molecule has 0 amide bonds. The fraction of sp³-hybridized carbons (Fsp3) is 0.214. The summed E-state index contributed by atoms with van der Waals surface area (Å²) in [6.45, 7) is 7.46. The minimum Gasteiger partial charge on any atom is -0.496 e. The van der Waals surface area contributed by atoms with Gasteiger partial charge < -0.3 is 18.9 Å². The Morgan fingerprint density at radius 2 is 1.11 bits per heavy atom. The molecule has 0 unspecified atom stereocenters. The lowest BCUT2D eigenvalue weighted by Crippen LogP contribution is -2.06. The Labute approximate surface area is 219 Å². The van der Waals surface area contributed by atoms with Gasteiger partial charge in [0.05, 0.1) is 39.8 Å². The second-order valence-corrected chi connectivity index (χ2v) is 8.16. The van der Waals surface area contributed by atoms with Crippen LogP contribution in [0, 0.1) is 0 Å². The van der Waals surface area contributed by atoms with Crippen LogP contribution >= 0.6 is 0 Å². The van der Waals surface area contributed by atoms with Crippen molar-refractivity contribution in [3.8, 4) is 11.5 Å². The third kappa shape index (κ3) is 4.63. The Balaban J connectivity index is 1.79. The molecule has 0 spiro atoms. The van der Waals surface area contributed by atoms with Gasteiger partial charge in [-0.15, -0.1) is 0 Å². The summed E-state index contributed by atoms with van der Waals surface area (Å²) < 4.78 is 20.6. The number of aromatic nitrogens is 2. The number of nitrogens with zero attached hydrogens (tertiary/aromatic N) is 4. The second-order valence-electron chi connectivity index (χ2n) is 8.16. The normalized spacial score (nSPS) is 10.7. The molecule has 2 aromatic carbocycles. The molecule has 0 aliphatic rings. The number of pyridine rings is 2. The van der Waals surface area contributed by atoms with Gasteiger partial charge in [-0.2, -0.15) is 0 Å². The molecule has 0 fully saturated rings. The largest absolute Gasteiger partial charge is 0.496 e. The van der Waals surface area contributed by atoms with Crippen molar-refractivity contribution in [3.05, 3.63) is 58.9 Å². The first-order valence-electron chi connectivity index (χ1n) is 11.5. The molecule has 10 heteroatoms. The molecule has 194 valence electrons. The van der Waals surface area contributed by atoms with Crippen LogP contribution in [-0.2, 0) is 22.3 Å². The highest BCUT2D eigenvalue weighted by atomic mass is 16.5. The van der Waals surface area contributed by atoms with Crippen molar-refractivity contribution in [1.29, 1.82) is 0 Å². The standard InChI is InChI=1S/C28H26N4O6/c1-29-23-15(9-11-17-21(35-3)13-19(27(33)37-5)31-25(17)23)7-8-16-10-12-18-22(36-4)14-20(28(34)38-6)32-26(18)24(16)30-2/h9-14H,1-2,7-8H2,3-6H3. The van der Waals surface area contributed by atoms with Crippen LogP contribution in [0.3, 0.4) is 0 Å². The number of hydrogen-bond acceptors (Lipinski definition) is 10. The van der Waals surface area contributed by atoms with E-state index >= 15 is 0 Å². The van der Waals surface area contributed by atoms with Gasteiger partial charge in [0.15, 0.2) is 11.4 Å². The lowest BCUT2D eigenvalue weighted by Gasteiger charge is -2.14. The summed E-state index contributed by atoms with van der Waals surface area (Å²) in [5.74, 6) is -0.225. The maximum Gasteiger partial charge on any atom is 0.356 e. The van der Waals surface area contributed by atoms with Crippen LogP contribution in [0.15, 0.2) is 46.4 Å². The number of methoxy groups -OCH3 is 4. The number of carbonyl (C=O) groups excluding carboxylic acids is 2. The lowest BCUT2D eigenvalue weighted by molar-refractivity contribution is 0.0585. The van der Waals surface area contributed by atoms with E-state index in [0.717, 1.165) is 11.1 Å². The number of hydrogen-bond donors (Lipinski definition) is 0. The highest BCUT2D eigenvalue weighted by molar-refractivity contribution is 6.00. The van der Waals surface area contributed by atoms with Gasteiger partial charge in [0, 0.05) is 22.9 Å². The van der Waals surface area contributed by atoms with Crippen molar-refractivity contribution in [2.75, 3.05) is 28.4 Å². The molecule has 2 heterocycles. The summed E-state index contributed by atoms with van der Waals surface area (Å²) in [5, 5.41) is 1.38. The maximum atomic E-state index is 12.2. The monoisotopic (exact) mass is 514 g/mol. The smallest absolute Gasteiger partial charge is 0.356 e. The second kappa shape index (κ2) is 11.0. The van der Waals surface area contributed by atoms with Crippen LogP contribution in [-0.4, -0.2) is 63.8 Å². The molecular formula is C28H26N4O6. The zero-order chi connectivity index (χ0) is 27.4. The topological polar surface area (TPSA) is 122 Å². The Morgan fingerprint density at radius 1 is 0.711 bits per heavy atom. The quantitative estimate of drug-likeness (QED) is 0.230. The van der Waals surface area contributed by atoms with Crippen molar-refractivity contribution >= 4 is 58.6 Å². The van der Waals surface area contributed by atoms with Crippen molar-refractivity contribution in [2.24, 2.45) is 9.98 Å². The number of aliphatic imine (C=N–C) groups is 2. The first-order chi connectivity index (χ1) is 18.4. The van der Waals surface area contributed by atoms with Crippen molar-refractivity contribution in [1.82, 2.24) is 9.97 Å². The van der Waals surface area contributed by atoms with Crippen LogP contribution in [0.1, 0.15) is 32.1 Å². The van der Waals surface area contributed by atoms with E-state index in [4.69, 9.17) is 18.9 Å². The van der Waals surface area contributed by atoms with Gasteiger partial charge >= 0.3 is 11.9 Å². The van der Waals surface area contributed by atoms with Crippen LogP contribution in [0.5, 0.6) is 11.5 Å². The van der Waals surface area contributed by atoms with E-state index in [-0.39, 0.29) is 11.4 Å². The molecule has 0 aliphatic heterocycles. The summed E-state index contributed by atoms with van der Waals surface area (Å²) in [4.78, 5) is 41.8. The molecule has 4 rings (SSSR count). The van der Waals surface area contributed by atoms with Crippen LogP contribution in [0.4, 0.5) is 11.4 Å². The van der Waals surface area contributed by atoms with E-state index in [2.05, 4.69) is 33.4 Å². The summed E-state index contributed by atoms with van der Waals surface area (Å²) in [5.41, 5.74) is 3.95. The minimum absolute atomic E-state index is 0.105. The molecule has 0 N–H and O–H groups in total. The molecule has 0 atom stereocenters. The molecule has 0 saturated heterocycles. The molecule has 0 bridgehead atoms. The summed E-state index contributed by atoms with van der Waals surface area (Å²) in [6, 6.07) is 10.6. The molecule has 0 aliphatic carbocycles. The number of rotatable bonds is 9. The van der Waals surface area contributed by atoms with Crippen molar-refractivity contribution in [2.45, 2.75) is 12.8 Å². The predicted molar refractivity (Wildman–Crippen MR) is 145 cm³/mol. The molecule has 38 heavy (non-hydrogen) atoms. The third-order valence-electron chi connectivity index (χ3n) is 6.21. The zero-order valence-corrected chi connectivity index (χ0v) is 21.5. The first-order valence-corrected chi connectivity index (χ1v) is 11.5. The molecule has 4 aromatic rings. The zero-order valence-electron chi connectivity index (χ0n) is 21.5. The molecule has 2 aromatic heterocycles. The Kier molecular flexibility index (Phi) is 7.61. The van der Waals surface area contributed by atoms with Crippen LogP contribution in [0.25, 0.3) is 21.8 Å². The summed E-state index contributed by atoms with van der Waals surface area (Å²) >= 11 is 0. The maximum absolute atomic E-state index is 12.2. The molecule has 0 radical (unpaired) electrons. The average molecular weight is 515 g/mol. The molecule has 0 saturated carbocycles. The fourth-order valence-electron chi connectivity index (χ4n) is 4.36. The van der Waals surface area contributed by atoms with Crippen molar-refractivity contribution in [3.63, 3.8) is 0 Å². The third-order valence-corrected chi connectivity index (χ3v) is 6.21. The fourth-order valence-corrected chi connectivity index (χ4v) is 4.36. The lowest BCUT2D eigenvalue weighted by atomic mass is 9.98. The van der Waals surface area contributed by atoms with E-state index in [1.165, 1.54) is 40.6 Å². The van der Waals surface area contributed by atoms with Gasteiger partial charge in [-0.25, -0.2) is 19.6 Å². The summed E-state index contributed by atoms with van der Waals surface area (Å²) in [7, 11) is 5.61. The highest BCUT2D eigenvalue weighted by Gasteiger charge is 2.19. The Hall–Kier alpha value is -4.86. The SMILES string of the molecule is C=Nc1c(CCc2ccc3c(OC)cc(C(=O)OC)nc3c2N=C)ccc2c(OC)cc(C(=O)OC)nc12. The highest BCUT2D eigenvalue weighted by Crippen LogP contribution is 2.38. The average Bonchev–Trinajstić information content (AvgIpc) is 2.96.